The van der Waals surface area contributed by atoms with Gasteiger partial charge in [-0.05, 0) is 36.8 Å². The quantitative estimate of drug-likeness (QED) is 0.857. The van der Waals surface area contributed by atoms with E-state index in [0.717, 1.165) is 12.1 Å². The Hall–Kier alpha value is -1.91. The van der Waals surface area contributed by atoms with Gasteiger partial charge in [0.2, 0.25) is 0 Å². The van der Waals surface area contributed by atoms with Crippen LogP contribution < -0.4 is 5.32 Å². The fraction of sp³-hybridized carbons (Fsp3) is 0.286. The van der Waals surface area contributed by atoms with E-state index in [0.29, 0.717) is 17.9 Å². The van der Waals surface area contributed by atoms with E-state index in [1.54, 1.807) is 24.5 Å². The standard InChI is InChI=1S/C14H14F3NO/c1-2-12(13-7-4-8-19-13)18-11-6-3-5-10(9-11)14(15,16)17/h3-9,12,18H,2H2,1H3. The number of nitrogens with one attached hydrogen (secondary N) is 1. The number of benzene rings is 1. The predicted octanol–water partition coefficient (Wildman–Crippen LogP) is 4.86. The summed E-state index contributed by atoms with van der Waals surface area (Å²) in [7, 11) is 0. The molecule has 1 aromatic heterocycles. The van der Waals surface area contributed by atoms with Gasteiger partial charge in [-0.1, -0.05) is 13.0 Å². The molecule has 19 heavy (non-hydrogen) atoms. The Morgan fingerprint density at radius 1 is 1.21 bits per heavy atom. The van der Waals surface area contributed by atoms with Crippen molar-refractivity contribution >= 4 is 5.69 Å². The molecule has 0 saturated heterocycles. The molecule has 0 spiro atoms. The van der Waals surface area contributed by atoms with E-state index < -0.39 is 11.7 Å². The molecule has 0 radical (unpaired) electrons. The van der Waals surface area contributed by atoms with Crippen LogP contribution in [0.4, 0.5) is 18.9 Å². The van der Waals surface area contributed by atoms with Crippen molar-refractivity contribution in [3.8, 4) is 0 Å². The molecule has 0 aliphatic heterocycles. The van der Waals surface area contributed by atoms with Crippen LogP contribution >= 0.6 is 0 Å². The average molecular weight is 269 g/mol. The van der Waals surface area contributed by atoms with Gasteiger partial charge < -0.3 is 9.73 Å². The van der Waals surface area contributed by atoms with Crippen LogP contribution in [0.2, 0.25) is 0 Å². The van der Waals surface area contributed by atoms with E-state index in [9.17, 15) is 13.2 Å². The van der Waals surface area contributed by atoms with E-state index in [1.165, 1.54) is 6.07 Å². The van der Waals surface area contributed by atoms with Crippen molar-refractivity contribution in [2.45, 2.75) is 25.6 Å². The molecule has 0 saturated carbocycles. The Bertz CT molecular complexity index is 520. The molecule has 1 heterocycles. The Morgan fingerprint density at radius 3 is 2.58 bits per heavy atom. The number of alkyl halides is 3. The monoisotopic (exact) mass is 269 g/mol. The van der Waals surface area contributed by atoms with Crippen LogP contribution in [-0.2, 0) is 6.18 Å². The highest BCUT2D eigenvalue weighted by molar-refractivity contribution is 5.47. The molecule has 1 N–H and O–H groups in total. The molecular weight excluding hydrogens is 255 g/mol. The van der Waals surface area contributed by atoms with Crippen molar-refractivity contribution in [2.24, 2.45) is 0 Å². The van der Waals surface area contributed by atoms with Crippen molar-refractivity contribution < 1.29 is 17.6 Å². The summed E-state index contributed by atoms with van der Waals surface area (Å²) in [4.78, 5) is 0. The predicted molar refractivity (Wildman–Crippen MR) is 66.8 cm³/mol. The molecule has 1 aromatic carbocycles. The average Bonchev–Trinajstić information content (AvgIpc) is 2.89. The van der Waals surface area contributed by atoms with Crippen LogP contribution in [0.1, 0.15) is 30.7 Å². The van der Waals surface area contributed by atoms with Crippen LogP contribution in [0.25, 0.3) is 0 Å². The van der Waals surface area contributed by atoms with Crippen LogP contribution in [0.15, 0.2) is 47.1 Å². The van der Waals surface area contributed by atoms with Gasteiger partial charge in [-0.25, -0.2) is 0 Å². The minimum atomic E-state index is -4.33. The lowest BCUT2D eigenvalue weighted by Gasteiger charge is -2.17. The highest BCUT2D eigenvalue weighted by Crippen LogP contribution is 2.32. The molecule has 2 aromatic rings. The fourth-order valence-electron chi connectivity index (χ4n) is 1.85. The summed E-state index contributed by atoms with van der Waals surface area (Å²) in [6.07, 6.45) is -2.07. The van der Waals surface area contributed by atoms with Crippen molar-refractivity contribution in [3.63, 3.8) is 0 Å². The first-order valence-electron chi connectivity index (χ1n) is 5.98. The molecule has 1 atom stereocenters. The van der Waals surface area contributed by atoms with Crippen LogP contribution in [0.5, 0.6) is 0 Å². The second kappa shape index (κ2) is 5.38. The second-order valence-electron chi connectivity index (χ2n) is 4.20. The van der Waals surface area contributed by atoms with Gasteiger partial charge in [-0.2, -0.15) is 13.2 Å². The lowest BCUT2D eigenvalue weighted by molar-refractivity contribution is -0.137. The third kappa shape index (κ3) is 3.30. The summed E-state index contributed by atoms with van der Waals surface area (Å²) in [6, 6.07) is 8.57. The summed E-state index contributed by atoms with van der Waals surface area (Å²) in [5.74, 6) is 0.708. The largest absolute Gasteiger partial charge is 0.467 e. The molecule has 0 aliphatic carbocycles. The van der Waals surface area contributed by atoms with Crippen molar-refractivity contribution in [1.29, 1.82) is 0 Å². The maximum absolute atomic E-state index is 12.6. The number of furan rings is 1. The van der Waals surface area contributed by atoms with Gasteiger partial charge in [-0.15, -0.1) is 0 Å². The number of rotatable bonds is 4. The van der Waals surface area contributed by atoms with Crippen LogP contribution in [0.3, 0.4) is 0 Å². The van der Waals surface area contributed by atoms with Gasteiger partial charge in [0.15, 0.2) is 0 Å². The van der Waals surface area contributed by atoms with Crippen molar-refractivity contribution in [1.82, 2.24) is 0 Å². The van der Waals surface area contributed by atoms with Crippen molar-refractivity contribution in [3.05, 3.63) is 54.0 Å². The molecule has 5 heteroatoms. The van der Waals surface area contributed by atoms with E-state index in [4.69, 9.17) is 4.42 Å². The molecular formula is C14H14F3NO. The van der Waals surface area contributed by atoms with Crippen LogP contribution in [0, 0.1) is 0 Å². The Balaban J connectivity index is 2.19. The van der Waals surface area contributed by atoms with E-state index in [2.05, 4.69) is 5.32 Å². The van der Waals surface area contributed by atoms with Crippen LogP contribution in [-0.4, -0.2) is 0 Å². The second-order valence-corrected chi connectivity index (χ2v) is 4.20. The van der Waals surface area contributed by atoms with Gasteiger partial charge in [0, 0.05) is 5.69 Å². The van der Waals surface area contributed by atoms with Gasteiger partial charge in [0.25, 0.3) is 0 Å². The van der Waals surface area contributed by atoms with Gasteiger partial charge in [-0.3, -0.25) is 0 Å². The van der Waals surface area contributed by atoms with E-state index in [-0.39, 0.29) is 6.04 Å². The zero-order valence-corrected chi connectivity index (χ0v) is 10.4. The smallest absolute Gasteiger partial charge is 0.416 e. The summed E-state index contributed by atoms with van der Waals surface area (Å²) in [6.45, 7) is 1.94. The summed E-state index contributed by atoms with van der Waals surface area (Å²) in [5, 5.41) is 3.05. The zero-order chi connectivity index (χ0) is 13.9. The first-order valence-corrected chi connectivity index (χ1v) is 5.98. The lowest BCUT2D eigenvalue weighted by Crippen LogP contribution is -2.10. The van der Waals surface area contributed by atoms with Gasteiger partial charge in [0.05, 0.1) is 17.9 Å². The maximum atomic E-state index is 12.6. The number of halogens is 3. The number of hydrogen-bond donors (Lipinski definition) is 1. The minimum Gasteiger partial charge on any atom is -0.467 e. The Kier molecular flexibility index (Phi) is 3.83. The number of anilines is 1. The zero-order valence-electron chi connectivity index (χ0n) is 10.4. The van der Waals surface area contributed by atoms with E-state index >= 15 is 0 Å². The first-order chi connectivity index (χ1) is 9.00. The fourth-order valence-corrected chi connectivity index (χ4v) is 1.85. The first kappa shape index (κ1) is 13.5. The number of hydrogen-bond acceptors (Lipinski definition) is 2. The molecule has 0 bridgehead atoms. The van der Waals surface area contributed by atoms with E-state index in [1.807, 2.05) is 6.92 Å². The highest BCUT2D eigenvalue weighted by atomic mass is 19.4. The third-order valence-corrected chi connectivity index (χ3v) is 2.83. The normalized spacial score (nSPS) is 13.3. The minimum absolute atomic E-state index is 0.140. The molecule has 1 unspecified atom stereocenters. The molecule has 102 valence electrons. The highest BCUT2D eigenvalue weighted by Gasteiger charge is 2.30. The Labute approximate surface area is 109 Å². The molecule has 2 nitrogen and oxygen atoms in total. The Morgan fingerprint density at radius 2 is 2.00 bits per heavy atom. The van der Waals surface area contributed by atoms with Gasteiger partial charge in [0.1, 0.15) is 5.76 Å². The molecule has 2 rings (SSSR count). The topological polar surface area (TPSA) is 25.2 Å². The molecule has 0 fully saturated rings. The third-order valence-electron chi connectivity index (χ3n) is 2.83. The summed E-state index contributed by atoms with van der Waals surface area (Å²) >= 11 is 0. The lowest BCUT2D eigenvalue weighted by atomic mass is 10.1. The van der Waals surface area contributed by atoms with Gasteiger partial charge >= 0.3 is 6.18 Å². The molecule has 0 amide bonds. The van der Waals surface area contributed by atoms with Crippen molar-refractivity contribution in [2.75, 3.05) is 5.32 Å². The molecule has 0 aliphatic rings. The maximum Gasteiger partial charge on any atom is 0.416 e. The summed E-state index contributed by atoms with van der Waals surface area (Å²) in [5.41, 5.74) is -0.232. The summed E-state index contributed by atoms with van der Waals surface area (Å²) < 4.78 is 43.1. The SMILES string of the molecule is CCC(Nc1cccc(C(F)(F)F)c1)c1ccco1.